The maximum absolute atomic E-state index is 4.78. The molecule has 0 aliphatic heterocycles. The highest BCUT2D eigenvalue weighted by molar-refractivity contribution is 9.10. The highest BCUT2D eigenvalue weighted by Crippen LogP contribution is 2.39. The summed E-state index contributed by atoms with van der Waals surface area (Å²) in [7, 11) is 0. The van der Waals surface area contributed by atoms with Crippen molar-refractivity contribution in [2.24, 2.45) is 0 Å². The number of rotatable bonds is 2. The molecular formula is C20H10Br2N2S2. The molecule has 1 aromatic carbocycles. The zero-order valence-corrected chi connectivity index (χ0v) is 18.0. The van der Waals surface area contributed by atoms with Crippen molar-refractivity contribution in [3.8, 4) is 20.9 Å². The first-order valence-corrected chi connectivity index (χ1v) is 11.2. The van der Waals surface area contributed by atoms with Gasteiger partial charge in [0.1, 0.15) is 9.21 Å². The zero-order valence-electron chi connectivity index (χ0n) is 13.2. The van der Waals surface area contributed by atoms with Crippen LogP contribution in [-0.4, -0.2) is 9.97 Å². The van der Waals surface area contributed by atoms with Crippen molar-refractivity contribution in [1.82, 2.24) is 9.97 Å². The molecule has 0 aliphatic carbocycles. The monoisotopic (exact) mass is 500 g/mol. The Labute approximate surface area is 174 Å². The van der Waals surface area contributed by atoms with Gasteiger partial charge >= 0.3 is 0 Å². The van der Waals surface area contributed by atoms with E-state index >= 15 is 0 Å². The van der Waals surface area contributed by atoms with Crippen molar-refractivity contribution in [3.05, 3.63) is 68.5 Å². The fraction of sp³-hybridized carbons (Fsp3) is 0. The lowest BCUT2D eigenvalue weighted by atomic mass is 10.0. The molecule has 0 spiro atoms. The van der Waals surface area contributed by atoms with Crippen LogP contribution < -0.4 is 0 Å². The molecule has 5 rings (SSSR count). The molecule has 126 valence electrons. The van der Waals surface area contributed by atoms with E-state index in [-0.39, 0.29) is 0 Å². The van der Waals surface area contributed by atoms with Gasteiger partial charge in [0.15, 0.2) is 0 Å². The van der Waals surface area contributed by atoms with E-state index in [4.69, 9.17) is 9.97 Å². The largest absolute Gasteiger partial charge is 0.239 e. The van der Waals surface area contributed by atoms with Crippen molar-refractivity contribution in [2.45, 2.75) is 0 Å². The van der Waals surface area contributed by atoms with Gasteiger partial charge in [-0.1, -0.05) is 24.3 Å². The van der Waals surface area contributed by atoms with Crippen LogP contribution in [0.1, 0.15) is 0 Å². The average Bonchev–Trinajstić information content (AvgIpc) is 3.34. The standard InChI is InChI=1S/C20H10Br2N2S2/c21-17-9-13(15-3-1-7-25-15)11-5-6-12-14(16-4-2-8-26-16)10-18(22)24-20(12)19(11)23-17/h1-10H. The Hall–Kier alpha value is -1.60. The normalized spacial score (nSPS) is 11.5. The summed E-state index contributed by atoms with van der Waals surface area (Å²) in [5, 5.41) is 6.43. The van der Waals surface area contributed by atoms with Crippen molar-refractivity contribution >= 4 is 76.3 Å². The summed E-state index contributed by atoms with van der Waals surface area (Å²) in [4.78, 5) is 12.0. The quantitative estimate of drug-likeness (QED) is 0.182. The Morgan fingerprint density at radius 3 is 1.50 bits per heavy atom. The number of thiophene rings is 2. The fourth-order valence-corrected chi connectivity index (χ4v) is 5.51. The summed E-state index contributed by atoms with van der Waals surface area (Å²) in [5.74, 6) is 0. The molecule has 0 unspecified atom stereocenters. The molecule has 0 fully saturated rings. The molecule has 26 heavy (non-hydrogen) atoms. The van der Waals surface area contributed by atoms with Gasteiger partial charge in [0.25, 0.3) is 0 Å². The van der Waals surface area contributed by atoms with Gasteiger partial charge in [0, 0.05) is 31.7 Å². The minimum Gasteiger partial charge on any atom is -0.239 e. The molecule has 0 atom stereocenters. The number of benzene rings is 1. The highest BCUT2D eigenvalue weighted by atomic mass is 79.9. The van der Waals surface area contributed by atoms with E-state index < -0.39 is 0 Å². The van der Waals surface area contributed by atoms with Crippen molar-refractivity contribution in [2.75, 3.05) is 0 Å². The Bertz CT molecular complexity index is 1150. The van der Waals surface area contributed by atoms with Gasteiger partial charge in [0.2, 0.25) is 0 Å². The number of aromatic nitrogens is 2. The van der Waals surface area contributed by atoms with Crippen LogP contribution in [0.5, 0.6) is 0 Å². The topological polar surface area (TPSA) is 25.8 Å². The SMILES string of the molecule is Brc1cc(-c2cccs2)c2ccc3c(-c4cccs4)cc(Br)nc3c2n1. The van der Waals surface area contributed by atoms with Crippen LogP contribution in [0.4, 0.5) is 0 Å². The number of fused-ring (bicyclic) bond motifs is 3. The number of hydrogen-bond donors (Lipinski definition) is 0. The summed E-state index contributed by atoms with van der Waals surface area (Å²) < 4.78 is 1.64. The van der Waals surface area contributed by atoms with Crippen LogP contribution >= 0.6 is 54.5 Å². The van der Waals surface area contributed by atoms with E-state index in [1.807, 2.05) is 0 Å². The van der Waals surface area contributed by atoms with E-state index in [0.717, 1.165) is 31.0 Å². The molecular weight excluding hydrogens is 492 g/mol. The first-order valence-electron chi connectivity index (χ1n) is 7.88. The van der Waals surface area contributed by atoms with E-state index in [2.05, 4.69) is 91.2 Å². The third-order valence-corrected chi connectivity index (χ3v) is 6.89. The first-order chi connectivity index (χ1) is 12.7. The number of hydrogen-bond acceptors (Lipinski definition) is 4. The number of nitrogens with zero attached hydrogens (tertiary/aromatic N) is 2. The van der Waals surface area contributed by atoms with Crippen molar-refractivity contribution in [1.29, 1.82) is 0 Å². The molecule has 0 amide bonds. The lowest BCUT2D eigenvalue weighted by Crippen LogP contribution is -1.91. The maximum atomic E-state index is 4.78. The van der Waals surface area contributed by atoms with Crippen LogP contribution in [0.15, 0.2) is 68.5 Å². The Balaban J connectivity index is 1.92. The summed E-state index contributed by atoms with van der Waals surface area (Å²) >= 11 is 10.6. The van der Waals surface area contributed by atoms with Crippen molar-refractivity contribution < 1.29 is 0 Å². The number of halogens is 2. The van der Waals surface area contributed by atoms with Gasteiger partial charge in [-0.05, 0) is 66.9 Å². The Kier molecular flexibility index (Phi) is 4.16. The summed E-state index contributed by atoms with van der Waals surface area (Å²) in [6, 6.07) is 16.9. The van der Waals surface area contributed by atoms with Gasteiger partial charge in [-0.3, -0.25) is 0 Å². The maximum Gasteiger partial charge on any atom is 0.107 e. The van der Waals surface area contributed by atoms with Crippen LogP contribution in [0.2, 0.25) is 0 Å². The number of pyridine rings is 2. The van der Waals surface area contributed by atoms with Crippen LogP contribution in [0.3, 0.4) is 0 Å². The summed E-state index contributed by atoms with van der Waals surface area (Å²) in [6.07, 6.45) is 0. The minimum absolute atomic E-state index is 0.820. The molecule has 2 nitrogen and oxygen atoms in total. The van der Waals surface area contributed by atoms with Crippen LogP contribution in [0, 0.1) is 0 Å². The second-order valence-electron chi connectivity index (χ2n) is 5.80. The third-order valence-electron chi connectivity index (χ3n) is 4.27. The zero-order chi connectivity index (χ0) is 17.7. The van der Waals surface area contributed by atoms with Gasteiger partial charge in [0.05, 0.1) is 11.0 Å². The lowest BCUT2D eigenvalue weighted by Gasteiger charge is -2.11. The molecule has 4 heterocycles. The second kappa shape index (κ2) is 6.53. The van der Waals surface area contributed by atoms with E-state index in [1.165, 1.54) is 20.9 Å². The smallest absolute Gasteiger partial charge is 0.107 e. The van der Waals surface area contributed by atoms with E-state index in [9.17, 15) is 0 Å². The van der Waals surface area contributed by atoms with Crippen molar-refractivity contribution in [3.63, 3.8) is 0 Å². The molecule has 0 radical (unpaired) electrons. The molecule has 0 saturated carbocycles. The minimum atomic E-state index is 0.820. The predicted octanol–water partition coefficient (Wildman–Crippen LogP) is 7.77. The van der Waals surface area contributed by atoms with E-state index in [0.29, 0.717) is 0 Å². The second-order valence-corrected chi connectivity index (χ2v) is 9.32. The predicted molar refractivity (Wildman–Crippen MR) is 119 cm³/mol. The van der Waals surface area contributed by atoms with E-state index in [1.54, 1.807) is 22.7 Å². The average molecular weight is 502 g/mol. The molecule has 4 aromatic heterocycles. The molecule has 5 aromatic rings. The van der Waals surface area contributed by atoms with Gasteiger partial charge < -0.3 is 0 Å². The Morgan fingerprint density at radius 2 is 1.12 bits per heavy atom. The summed E-state index contributed by atoms with van der Waals surface area (Å²) in [5.41, 5.74) is 4.19. The molecule has 0 bridgehead atoms. The van der Waals surface area contributed by atoms with Crippen LogP contribution in [0.25, 0.3) is 42.7 Å². The fourth-order valence-electron chi connectivity index (χ4n) is 3.18. The molecule has 6 heteroatoms. The summed E-state index contributed by atoms with van der Waals surface area (Å²) in [6.45, 7) is 0. The first kappa shape index (κ1) is 16.6. The van der Waals surface area contributed by atoms with Crippen LogP contribution in [-0.2, 0) is 0 Å². The lowest BCUT2D eigenvalue weighted by molar-refractivity contribution is 1.32. The molecule has 0 N–H and O–H groups in total. The Morgan fingerprint density at radius 1 is 0.654 bits per heavy atom. The highest BCUT2D eigenvalue weighted by Gasteiger charge is 2.15. The molecule has 0 aliphatic rings. The van der Waals surface area contributed by atoms with Gasteiger partial charge in [-0.25, -0.2) is 9.97 Å². The third kappa shape index (κ3) is 2.72. The van der Waals surface area contributed by atoms with Gasteiger partial charge in [-0.15, -0.1) is 22.7 Å². The van der Waals surface area contributed by atoms with Gasteiger partial charge in [-0.2, -0.15) is 0 Å². The molecule has 0 saturated heterocycles.